The maximum absolute atomic E-state index is 10.4. The second kappa shape index (κ2) is 5.03. The second-order valence-corrected chi connectivity index (χ2v) is 5.23. The number of halogens is 1. The number of aliphatic hydroxyl groups excluding tert-OH is 1. The van der Waals surface area contributed by atoms with E-state index in [4.69, 9.17) is 0 Å². The molecule has 0 aliphatic rings. The Labute approximate surface area is 110 Å². The quantitative estimate of drug-likeness (QED) is 0.881. The number of hydrogen-bond donors (Lipinski definition) is 1. The van der Waals surface area contributed by atoms with Gasteiger partial charge in [-0.1, -0.05) is 51.8 Å². The van der Waals surface area contributed by atoms with Gasteiger partial charge < -0.3 is 5.11 Å². The van der Waals surface area contributed by atoms with Crippen molar-refractivity contribution < 1.29 is 5.11 Å². The van der Waals surface area contributed by atoms with Gasteiger partial charge in [-0.05, 0) is 42.7 Å². The van der Waals surface area contributed by atoms with Gasteiger partial charge in [0.25, 0.3) is 0 Å². The smallest absolute Gasteiger partial charge is 0.104 e. The molecule has 0 bridgehead atoms. The number of hydrogen-bond acceptors (Lipinski definition) is 1. The minimum absolute atomic E-state index is 0.553. The molecule has 2 rings (SSSR count). The van der Waals surface area contributed by atoms with E-state index in [2.05, 4.69) is 22.0 Å². The Bertz CT molecular complexity index is 517. The Kier molecular flexibility index (Phi) is 3.65. The Morgan fingerprint density at radius 1 is 1.00 bits per heavy atom. The van der Waals surface area contributed by atoms with Crippen molar-refractivity contribution in [2.75, 3.05) is 0 Å². The summed E-state index contributed by atoms with van der Waals surface area (Å²) in [6.45, 7) is 4.06. The Morgan fingerprint density at radius 3 is 2.29 bits per heavy atom. The van der Waals surface area contributed by atoms with Crippen molar-refractivity contribution in [1.82, 2.24) is 0 Å². The maximum Gasteiger partial charge on any atom is 0.104 e. The van der Waals surface area contributed by atoms with Gasteiger partial charge in [0.15, 0.2) is 0 Å². The van der Waals surface area contributed by atoms with Gasteiger partial charge in [0, 0.05) is 4.47 Å². The molecule has 0 saturated heterocycles. The molecule has 1 atom stereocenters. The van der Waals surface area contributed by atoms with E-state index in [1.54, 1.807) is 0 Å². The molecule has 0 saturated carbocycles. The first-order valence-corrected chi connectivity index (χ1v) is 6.38. The Balaban J connectivity index is 2.39. The molecule has 0 fully saturated rings. The van der Waals surface area contributed by atoms with Crippen LogP contribution in [0.25, 0.3) is 0 Å². The standard InChI is InChI=1S/C15H15BrO/c1-10-3-4-11(2)14(9-10)15(17)12-5-7-13(16)8-6-12/h3-9,15,17H,1-2H3. The Hall–Kier alpha value is -1.12. The number of rotatable bonds is 2. The van der Waals surface area contributed by atoms with Gasteiger partial charge in [-0.2, -0.15) is 0 Å². The van der Waals surface area contributed by atoms with Crippen LogP contribution in [0.5, 0.6) is 0 Å². The van der Waals surface area contributed by atoms with Crippen molar-refractivity contribution in [1.29, 1.82) is 0 Å². The van der Waals surface area contributed by atoms with E-state index in [0.29, 0.717) is 0 Å². The minimum Gasteiger partial charge on any atom is -0.384 e. The van der Waals surface area contributed by atoms with Crippen LogP contribution in [-0.4, -0.2) is 5.11 Å². The summed E-state index contributed by atoms with van der Waals surface area (Å²) in [4.78, 5) is 0. The largest absolute Gasteiger partial charge is 0.384 e. The molecule has 17 heavy (non-hydrogen) atoms. The van der Waals surface area contributed by atoms with E-state index in [-0.39, 0.29) is 0 Å². The molecule has 2 aromatic rings. The lowest BCUT2D eigenvalue weighted by molar-refractivity contribution is 0.219. The molecule has 0 aliphatic heterocycles. The minimum atomic E-state index is -0.553. The molecule has 0 spiro atoms. The number of aliphatic hydroxyl groups is 1. The van der Waals surface area contributed by atoms with Gasteiger partial charge in [0.2, 0.25) is 0 Å². The maximum atomic E-state index is 10.4. The summed E-state index contributed by atoms with van der Waals surface area (Å²) >= 11 is 3.40. The first kappa shape index (κ1) is 12.3. The van der Waals surface area contributed by atoms with E-state index < -0.39 is 6.10 Å². The fourth-order valence-electron chi connectivity index (χ4n) is 1.88. The number of aryl methyl sites for hydroxylation is 2. The average molecular weight is 291 g/mol. The van der Waals surface area contributed by atoms with Crippen LogP contribution >= 0.6 is 15.9 Å². The van der Waals surface area contributed by atoms with E-state index >= 15 is 0 Å². The van der Waals surface area contributed by atoms with Gasteiger partial charge in [0.05, 0.1) is 0 Å². The van der Waals surface area contributed by atoms with E-state index in [9.17, 15) is 5.11 Å². The highest BCUT2D eigenvalue weighted by Crippen LogP contribution is 2.26. The predicted molar refractivity (Wildman–Crippen MR) is 74.1 cm³/mol. The van der Waals surface area contributed by atoms with E-state index in [0.717, 1.165) is 21.2 Å². The van der Waals surface area contributed by atoms with Crippen LogP contribution < -0.4 is 0 Å². The lowest BCUT2D eigenvalue weighted by Crippen LogP contribution is -2.02. The highest BCUT2D eigenvalue weighted by atomic mass is 79.9. The zero-order chi connectivity index (χ0) is 12.4. The van der Waals surface area contributed by atoms with Crippen LogP contribution in [0, 0.1) is 13.8 Å². The van der Waals surface area contributed by atoms with Crippen LogP contribution in [0.15, 0.2) is 46.9 Å². The van der Waals surface area contributed by atoms with E-state index in [1.807, 2.05) is 50.2 Å². The van der Waals surface area contributed by atoms with Crippen LogP contribution in [0.2, 0.25) is 0 Å². The summed E-state index contributed by atoms with van der Waals surface area (Å²) in [6.07, 6.45) is -0.553. The van der Waals surface area contributed by atoms with Crippen LogP contribution in [0.3, 0.4) is 0 Å². The van der Waals surface area contributed by atoms with Gasteiger partial charge >= 0.3 is 0 Å². The van der Waals surface area contributed by atoms with Crippen molar-refractivity contribution in [2.24, 2.45) is 0 Å². The summed E-state index contributed by atoms with van der Waals surface area (Å²) in [5, 5.41) is 10.4. The van der Waals surface area contributed by atoms with Gasteiger partial charge in [-0.3, -0.25) is 0 Å². The highest BCUT2D eigenvalue weighted by molar-refractivity contribution is 9.10. The first-order chi connectivity index (χ1) is 8.08. The summed E-state index contributed by atoms with van der Waals surface area (Å²) in [5.41, 5.74) is 4.18. The zero-order valence-electron chi connectivity index (χ0n) is 9.94. The van der Waals surface area contributed by atoms with Crippen LogP contribution in [0.4, 0.5) is 0 Å². The average Bonchev–Trinajstić information content (AvgIpc) is 2.32. The fraction of sp³-hybridized carbons (Fsp3) is 0.200. The molecule has 1 N–H and O–H groups in total. The molecule has 0 aromatic heterocycles. The molecule has 0 amide bonds. The number of benzene rings is 2. The molecule has 0 heterocycles. The Morgan fingerprint density at radius 2 is 1.65 bits per heavy atom. The SMILES string of the molecule is Cc1ccc(C)c(C(O)c2ccc(Br)cc2)c1. The topological polar surface area (TPSA) is 20.2 Å². The lowest BCUT2D eigenvalue weighted by Gasteiger charge is -2.15. The molecule has 1 nitrogen and oxygen atoms in total. The first-order valence-electron chi connectivity index (χ1n) is 5.58. The highest BCUT2D eigenvalue weighted by Gasteiger charge is 2.12. The van der Waals surface area contributed by atoms with Crippen molar-refractivity contribution in [2.45, 2.75) is 20.0 Å². The van der Waals surface area contributed by atoms with Gasteiger partial charge in [-0.25, -0.2) is 0 Å². The van der Waals surface area contributed by atoms with Crippen molar-refractivity contribution in [3.8, 4) is 0 Å². The molecular formula is C15H15BrO. The summed E-state index contributed by atoms with van der Waals surface area (Å²) < 4.78 is 1.02. The summed E-state index contributed by atoms with van der Waals surface area (Å²) in [6, 6.07) is 13.9. The third-order valence-electron chi connectivity index (χ3n) is 2.92. The lowest BCUT2D eigenvalue weighted by atomic mass is 9.96. The molecule has 0 aliphatic carbocycles. The summed E-state index contributed by atoms with van der Waals surface area (Å²) in [5.74, 6) is 0. The summed E-state index contributed by atoms with van der Waals surface area (Å²) in [7, 11) is 0. The molecule has 2 aromatic carbocycles. The van der Waals surface area contributed by atoms with Crippen LogP contribution in [0.1, 0.15) is 28.4 Å². The third-order valence-corrected chi connectivity index (χ3v) is 3.44. The fourth-order valence-corrected chi connectivity index (χ4v) is 2.14. The van der Waals surface area contributed by atoms with Crippen molar-refractivity contribution in [3.63, 3.8) is 0 Å². The molecule has 1 unspecified atom stereocenters. The monoisotopic (exact) mass is 290 g/mol. The zero-order valence-corrected chi connectivity index (χ0v) is 11.5. The van der Waals surface area contributed by atoms with Crippen LogP contribution in [-0.2, 0) is 0 Å². The van der Waals surface area contributed by atoms with Gasteiger partial charge in [0.1, 0.15) is 6.10 Å². The van der Waals surface area contributed by atoms with E-state index in [1.165, 1.54) is 5.56 Å². The van der Waals surface area contributed by atoms with Crippen molar-refractivity contribution in [3.05, 3.63) is 69.2 Å². The molecular weight excluding hydrogens is 276 g/mol. The predicted octanol–water partition coefficient (Wildman–Crippen LogP) is 4.15. The molecule has 0 radical (unpaired) electrons. The third kappa shape index (κ3) is 2.76. The molecule has 2 heteroatoms. The van der Waals surface area contributed by atoms with Crippen molar-refractivity contribution >= 4 is 15.9 Å². The second-order valence-electron chi connectivity index (χ2n) is 4.31. The van der Waals surface area contributed by atoms with Gasteiger partial charge in [-0.15, -0.1) is 0 Å². The normalized spacial score (nSPS) is 12.5. The molecule has 88 valence electrons.